The normalized spacial score (nSPS) is 17.1. The van der Waals surface area contributed by atoms with Crippen molar-refractivity contribution < 1.29 is 19.1 Å². The molecule has 0 aromatic heterocycles. The van der Waals surface area contributed by atoms with Crippen LogP contribution in [-0.4, -0.2) is 60.3 Å². The lowest BCUT2D eigenvalue weighted by Gasteiger charge is -2.36. The van der Waals surface area contributed by atoms with E-state index in [0.717, 1.165) is 5.56 Å². The van der Waals surface area contributed by atoms with Gasteiger partial charge in [0.05, 0.1) is 12.1 Å². The maximum absolute atomic E-state index is 12.6. The van der Waals surface area contributed by atoms with Crippen molar-refractivity contribution in [3.05, 3.63) is 23.8 Å². The van der Waals surface area contributed by atoms with Gasteiger partial charge >= 0.3 is 0 Å². The monoisotopic (exact) mass is 373 g/mol. The summed E-state index contributed by atoms with van der Waals surface area (Å²) in [5.74, 6) is 0.611. The van der Waals surface area contributed by atoms with Crippen molar-refractivity contribution in [1.29, 1.82) is 0 Å². The standard InChI is InChI=1S/C20H27N3O4/c1-20(2,3)12-19(26)23-8-6-22(7-9-23)18(25)11-14-4-5-16-15(10-14)21-17(24)13-27-16/h4-5,10H,6-9,11-13H2,1-3H3,(H,21,24). The number of hydrogen-bond acceptors (Lipinski definition) is 4. The Morgan fingerprint density at radius 3 is 2.33 bits per heavy atom. The number of ether oxygens (including phenoxy) is 1. The van der Waals surface area contributed by atoms with E-state index in [1.165, 1.54) is 0 Å². The fourth-order valence-corrected chi connectivity index (χ4v) is 3.30. The van der Waals surface area contributed by atoms with Crippen LogP contribution in [0.3, 0.4) is 0 Å². The van der Waals surface area contributed by atoms with Crippen LogP contribution >= 0.6 is 0 Å². The van der Waals surface area contributed by atoms with Gasteiger partial charge in [0.15, 0.2) is 6.61 Å². The minimum atomic E-state index is -0.193. The quantitative estimate of drug-likeness (QED) is 0.874. The van der Waals surface area contributed by atoms with Gasteiger partial charge in [0, 0.05) is 32.6 Å². The number of rotatable bonds is 3. The fourth-order valence-electron chi connectivity index (χ4n) is 3.30. The minimum absolute atomic E-state index is 0.0174. The van der Waals surface area contributed by atoms with Crippen LogP contribution in [0, 0.1) is 5.41 Å². The molecule has 2 heterocycles. The van der Waals surface area contributed by atoms with Gasteiger partial charge in [-0.1, -0.05) is 26.8 Å². The van der Waals surface area contributed by atoms with Crippen molar-refractivity contribution in [3.8, 4) is 5.75 Å². The number of nitrogens with zero attached hydrogens (tertiary/aromatic N) is 2. The molecule has 0 unspecified atom stereocenters. The van der Waals surface area contributed by atoms with Crippen LogP contribution in [-0.2, 0) is 20.8 Å². The number of carbonyl (C=O) groups is 3. The third kappa shape index (κ3) is 4.99. The van der Waals surface area contributed by atoms with Gasteiger partial charge in [0.2, 0.25) is 11.8 Å². The Morgan fingerprint density at radius 2 is 1.70 bits per heavy atom. The van der Waals surface area contributed by atoms with Gasteiger partial charge in [0.1, 0.15) is 5.75 Å². The highest BCUT2D eigenvalue weighted by atomic mass is 16.5. The zero-order chi connectivity index (χ0) is 19.6. The molecule has 0 spiro atoms. The van der Waals surface area contributed by atoms with Gasteiger partial charge in [-0.15, -0.1) is 0 Å². The molecule has 0 aliphatic carbocycles. The number of benzene rings is 1. The van der Waals surface area contributed by atoms with Crippen LogP contribution in [0.4, 0.5) is 5.69 Å². The second kappa shape index (κ2) is 7.58. The smallest absolute Gasteiger partial charge is 0.262 e. The topological polar surface area (TPSA) is 79.0 Å². The summed E-state index contributed by atoms with van der Waals surface area (Å²) in [5, 5.41) is 2.76. The van der Waals surface area contributed by atoms with Crippen molar-refractivity contribution >= 4 is 23.4 Å². The molecule has 2 aliphatic heterocycles. The molecular formula is C20H27N3O4. The van der Waals surface area contributed by atoms with E-state index in [0.29, 0.717) is 44.0 Å². The van der Waals surface area contributed by atoms with Crippen molar-refractivity contribution in [2.45, 2.75) is 33.6 Å². The summed E-state index contributed by atoms with van der Waals surface area (Å²) in [6.07, 6.45) is 0.781. The molecule has 3 rings (SSSR count). The number of carbonyl (C=O) groups excluding carboxylic acids is 3. The Morgan fingerprint density at radius 1 is 1.07 bits per heavy atom. The Kier molecular flexibility index (Phi) is 5.39. The van der Waals surface area contributed by atoms with Crippen LogP contribution in [0.15, 0.2) is 18.2 Å². The SMILES string of the molecule is CC(C)(C)CC(=O)N1CCN(C(=O)Cc2ccc3c(c2)NC(=O)CO3)CC1. The fraction of sp³-hybridized carbons (Fsp3) is 0.550. The molecule has 7 nitrogen and oxygen atoms in total. The molecule has 0 atom stereocenters. The summed E-state index contributed by atoms with van der Waals surface area (Å²) >= 11 is 0. The van der Waals surface area contributed by atoms with Crippen LogP contribution in [0.5, 0.6) is 5.75 Å². The predicted octanol–water partition coefficient (Wildman–Crippen LogP) is 1.67. The van der Waals surface area contributed by atoms with Gasteiger partial charge < -0.3 is 19.9 Å². The first-order valence-corrected chi connectivity index (χ1v) is 9.32. The zero-order valence-electron chi connectivity index (χ0n) is 16.2. The zero-order valence-corrected chi connectivity index (χ0v) is 16.2. The molecule has 0 radical (unpaired) electrons. The van der Waals surface area contributed by atoms with Crippen molar-refractivity contribution in [2.24, 2.45) is 5.41 Å². The number of hydrogen-bond donors (Lipinski definition) is 1. The molecule has 1 saturated heterocycles. The maximum atomic E-state index is 12.6. The summed E-state index contributed by atoms with van der Waals surface area (Å²) in [7, 11) is 0. The van der Waals surface area contributed by atoms with E-state index in [4.69, 9.17) is 4.74 Å². The highest BCUT2D eigenvalue weighted by Gasteiger charge is 2.27. The Balaban J connectivity index is 1.53. The molecule has 1 N–H and O–H groups in total. The molecule has 0 bridgehead atoms. The Hall–Kier alpha value is -2.57. The molecule has 2 aliphatic rings. The first-order valence-electron chi connectivity index (χ1n) is 9.32. The lowest BCUT2D eigenvalue weighted by atomic mass is 9.91. The Bertz CT molecular complexity index is 746. The van der Waals surface area contributed by atoms with Crippen molar-refractivity contribution in [2.75, 3.05) is 38.1 Å². The lowest BCUT2D eigenvalue weighted by molar-refractivity contribution is -0.140. The van der Waals surface area contributed by atoms with Gasteiger partial charge in [-0.05, 0) is 23.1 Å². The molecule has 1 fully saturated rings. The van der Waals surface area contributed by atoms with E-state index in [-0.39, 0.29) is 36.2 Å². The largest absolute Gasteiger partial charge is 0.482 e. The second-order valence-electron chi connectivity index (χ2n) is 8.34. The van der Waals surface area contributed by atoms with Crippen LogP contribution in [0.2, 0.25) is 0 Å². The van der Waals surface area contributed by atoms with E-state index < -0.39 is 0 Å². The Labute approximate surface area is 159 Å². The third-order valence-electron chi connectivity index (χ3n) is 4.70. The lowest BCUT2D eigenvalue weighted by Crippen LogP contribution is -2.51. The summed E-state index contributed by atoms with van der Waals surface area (Å²) in [4.78, 5) is 40.0. The number of anilines is 1. The summed E-state index contributed by atoms with van der Waals surface area (Å²) in [6, 6.07) is 5.41. The average Bonchev–Trinajstić information content (AvgIpc) is 2.60. The molecule has 27 heavy (non-hydrogen) atoms. The van der Waals surface area contributed by atoms with E-state index in [1.54, 1.807) is 17.0 Å². The molecule has 7 heteroatoms. The van der Waals surface area contributed by atoms with Crippen molar-refractivity contribution in [1.82, 2.24) is 9.80 Å². The van der Waals surface area contributed by atoms with E-state index in [1.807, 2.05) is 11.0 Å². The number of amides is 3. The summed E-state index contributed by atoms with van der Waals surface area (Å²) < 4.78 is 5.34. The number of fused-ring (bicyclic) bond motifs is 1. The minimum Gasteiger partial charge on any atom is -0.482 e. The van der Waals surface area contributed by atoms with Crippen LogP contribution in [0.1, 0.15) is 32.8 Å². The van der Waals surface area contributed by atoms with E-state index in [2.05, 4.69) is 26.1 Å². The molecule has 1 aromatic carbocycles. The van der Waals surface area contributed by atoms with Gasteiger partial charge in [-0.25, -0.2) is 0 Å². The molecule has 3 amide bonds. The van der Waals surface area contributed by atoms with E-state index in [9.17, 15) is 14.4 Å². The van der Waals surface area contributed by atoms with Gasteiger partial charge in [0.25, 0.3) is 5.91 Å². The molecular weight excluding hydrogens is 346 g/mol. The maximum Gasteiger partial charge on any atom is 0.262 e. The number of piperazine rings is 1. The predicted molar refractivity (Wildman–Crippen MR) is 102 cm³/mol. The molecule has 1 aromatic rings. The summed E-state index contributed by atoms with van der Waals surface area (Å²) in [5.41, 5.74) is 1.40. The van der Waals surface area contributed by atoms with Crippen molar-refractivity contribution in [3.63, 3.8) is 0 Å². The highest BCUT2D eigenvalue weighted by molar-refractivity contribution is 5.95. The number of nitrogens with one attached hydrogen (secondary N) is 1. The van der Waals surface area contributed by atoms with E-state index >= 15 is 0 Å². The second-order valence-corrected chi connectivity index (χ2v) is 8.34. The van der Waals surface area contributed by atoms with Crippen LogP contribution < -0.4 is 10.1 Å². The van der Waals surface area contributed by atoms with Gasteiger partial charge in [-0.2, -0.15) is 0 Å². The first-order chi connectivity index (χ1) is 12.7. The molecule has 146 valence electrons. The molecule has 0 saturated carbocycles. The highest BCUT2D eigenvalue weighted by Crippen LogP contribution is 2.28. The first kappa shape index (κ1) is 19.2. The summed E-state index contributed by atoms with van der Waals surface area (Å²) in [6.45, 7) is 8.44. The van der Waals surface area contributed by atoms with Crippen LogP contribution in [0.25, 0.3) is 0 Å². The third-order valence-corrected chi connectivity index (χ3v) is 4.70. The average molecular weight is 373 g/mol. The van der Waals surface area contributed by atoms with Gasteiger partial charge in [-0.3, -0.25) is 14.4 Å².